The van der Waals surface area contributed by atoms with E-state index in [-0.39, 0.29) is 5.91 Å². The van der Waals surface area contributed by atoms with E-state index in [4.69, 9.17) is 17.5 Å². The summed E-state index contributed by atoms with van der Waals surface area (Å²) in [5.74, 6) is -0.0867. The molecule has 0 bridgehead atoms. The molecule has 0 saturated carbocycles. The Morgan fingerprint density at radius 3 is 2.60 bits per heavy atom. The Hall–Kier alpha value is -1.06. The van der Waals surface area contributed by atoms with Crippen molar-refractivity contribution in [2.24, 2.45) is 5.73 Å². The van der Waals surface area contributed by atoms with Gasteiger partial charge in [0.25, 0.3) is 0 Å². The van der Waals surface area contributed by atoms with Crippen molar-refractivity contribution in [2.75, 3.05) is 13.1 Å². The lowest BCUT2D eigenvalue weighted by Gasteiger charge is -2.12. The largest absolute Gasteiger partial charge is 0.330 e. The third-order valence-electron chi connectivity index (χ3n) is 2.03. The van der Waals surface area contributed by atoms with E-state index in [1.807, 2.05) is 30.3 Å². The van der Waals surface area contributed by atoms with Gasteiger partial charge < -0.3 is 5.73 Å². The van der Waals surface area contributed by atoms with Crippen LogP contribution in [-0.2, 0) is 11.2 Å². The fourth-order valence-corrected chi connectivity index (χ4v) is 1.39. The molecule has 4 heteroatoms. The molecule has 0 unspecified atom stereocenters. The Labute approximate surface area is 94.9 Å². The quantitative estimate of drug-likeness (QED) is 0.775. The molecule has 82 valence electrons. The molecule has 0 heterocycles. The Bertz CT molecular complexity index is 303. The first-order chi connectivity index (χ1) is 7.24. The topological polar surface area (TPSA) is 46.3 Å². The summed E-state index contributed by atoms with van der Waals surface area (Å²) in [5, 5.41) is 0. The molecule has 0 aliphatic rings. The number of amides is 1. The zero-order valence-corrected chi connectivity index (χ0v) is 9.28. The summed E-state index contributed by atoms with van der Waals surface area (Å²) < 4.78 is 1.21. The number of benzene rings is 1. The molecule has 0 atom stereocenters. The molecular weight excluding hydrogens is 212 g/mol. The first kappa shape index (κ1) is 12.0. The highest BCUT2D eigenvalue weighted by Gasteiger charge is 2.10. The lowest BCUT2D eigenvalue weighted by molar-refractivity contribution is -0.125. The number of carbonyl (C=O) groups excluding carboxylic acids is 1. The maximum atomic E-state index is 11.6. The van der Waals surface area contributed by atoms with Crippen LogP contribution in [0.5, 0.6) is 0 Å². The van der Waals surface area contributed by atoms with Crippen LogP contribution in [0.1, 0.15) is 12.0 Å². The number of nitrogens with zero attached hydrogens (tertiary/aromatic N) is 1. The summed E-state index contributed by atoms with van der Waals surface area (Å²) >= 11 is 5.79. The summed E-state index contributed by atoms with van der Waals surface area (Å²) in [6, 6.07) is 9.54. The average Bonchev–Trinajstić information content (AvgIpc) is 2.27. The van der Waals surface area contributed by atoms with E-state index in [0.717, 1.165) is 12.0 Å². The second kappa shape index (κ2) is 6.43. The summed E-state index contributed by atoms with van der Waals surface area (Å²) in [4.78, 5) is 11.6. The van der Waals surface area contributed by atoms with E-state index >= 15 is 0 Å². The van der Waals surface area contributed by atoms with Crippen molar-refractivity contribution in [1.82, 2.24) is 4.42 Å². The first-order valence-corrected chi connectivity index (χ1v) is 5.28. The molecule has 0 radical (unpaired) electrons. The highest BCUT2D eigenvalue weighted by Crippen LogP contribution is 2.05. The molecule has 0 spiro atoms. The third-order valence-corrected chi connectivity index (χ3v) is 2.38. The molecule has 1 amide bonds. The normalized spacial score (nSPS) is 10.0. The number of hydrogen-bond donors (Lipinski definition) is 1. The smallest absolute Gasteiger partial charge is 0.241 e. The van der Waals surface area contributed by atoms with Gasteiger partial charge in [-0.25, -0.2) is 0 Å². The average molecular weight is 227 g/mol. The maximum Gasteiger partial charge on any atom is 0.241 e. The predicted octanol–water partition coefficient (Wildman–Crippen LogP) is 1.56. The van der Waals surface area contributed by atoms with Gasteiger partial charge in [-0.15, -0.1) is 0 Å². The monoisotopic (exact) mass is 226 g/mol. The van der Waals surface area contributed by atoms with Gasteiger partial charge in [0, 0.05) is 18.3 Å². The number of halogens is 1. The first-order valence-electron chi connectivity index (χ1n) is 4.94. The minimum absolute atomic E-state index is 0.0867. The number of carbonyl (C=O) groups is 1. The van der Waals surface area contributed by atoms with Gasteiger partial charge in [-0.3, -0.25) is 9.21 Å². The van der Waals surface area contributed by atoms with Gasteiger partial charge in [0.2, 0.25) is 5.91 Å². The van der Waals surface area contributed by atoms with Gasteiger partial charge in [0.15, 0.2) is 0 Å². The van der Waals surface area contributed by atoms with E-state index in [1.54, 1.807) is 0 Å². The molecule has 0 fully saturated rings. The van der Waals surface area contributed by atoms with Crippen LogP contribution in [0.4, 0.5) is 0 Å². The second-order valence-electron chi connectivity index (χ2n) is 3.28. The van der Waals surface area contributed by atoms with E-state index < -0.39 is 0 Å². The van der Waals surface area contributed by atoms with Crippen molar-refractivity contribution in [3.05, 3.63) is 35.9 Å². The molecule has 1 aromatic carbocycles. The van der Waals surface area contributed by atoms with Crippen molar-refractivity contribution in [1.29, 1.82) is 0 Å². The minimum atomic E-state index is -0.0867. The van der Waals surface area contributed by atoms with Crippen LogP contribution in [-0.4, -0.2) is 23.4 Å². The molecule has 3 nitrogen and oxygen atoms in total. The molecule has 0 saturated heterocycles. The van der Waals surface area contributed by atoms with Crippen molar-refractivity contribution in [3.63, 3.8) is 0 Å². The summed E-state index contributed by atoms with van der Waals surface area (Å²) in [6.45, 7) is 1.05. The van der Waals surface area contributed by atoms with Crippen LogP contribution < -0.4 is 5.73 Å². The van der Waals surface area contributed by atoms with Gasteiger partial charge in [-0.1, -0.05) is 30.3 Å². The van der Waals surface area contributed by atoms with Gasteiger partial charge in [0.1, 0.15) is 0 Å². The Morgan fingerprint density at radius 2 is 2.00 bits per heavy atom. The number of rotatable bonds is 5. The SMILES string of the molecule is NCCCN(Cl)C(=O)Cc1ccccc1. The summed E-state index contributed by atoms with van der Waals surface area (Å²) in [7, 11) is 0. The Kier molecular flexibility index (Phi) is 5.15. The van der Waals surface area contributed by atoms with Crippen LogP contribution >= 0.6 is 11.8 Å². The fraction of sp³-hybridized carbons (Fsp3) is 0.364. The lowest BCUT2D eigenvalue weighted by atomic mass is 10.1. The molecule has 0 aromatic heterocycles. The van der Waals surface area contributed by atoms with Crippen LogP contribution in [0.3, 0.4) is 0 Å². The molecule has 1 aromatic rings. The maximum absolute atomic E-state index is 11.6. The van der Waals surface area contributed by atoms with E-state index in [1.165, 1.54) is 4.42 Å². The summed E-state index contributed by atoms with van der Waals surface area (Å²) in [5.41, 5.74) is 6.31. The van der Waals surface area contributed by atoms with Gasteiger partial charge >= 0.3 is 0 Å². The lowest BCUT2D eigenvalue weighted by Crippen LogP contribution is -2.25. The highest BCUT2D eigenvalue weighted by molar-refractivity contribution is 6.21. The van der Waals surface area contributed by atoms with Crippen LogP contribution in [0, 0.1) is 0 Å². The molecule has 0 aliphatic heterocycles. The van der Waals surface area contributed by atoms with Crippen molar-refractivity contribution < 1.29 is 4.79 Å². The summed E-state index contributed by atoms with van der Waals surface area (Å²) in [6.07, 6.45) is 1.07. The van der Waals surface area contributed by atoms with Crippen LogP contribution in [0.15, 0.2) is 30.3 Å². The van der Waals surface area contributed by atoms with Crippen LogP contribution in [0.25, 0.3) is 0 Å². The molecular formula is C11H15ClN2O. The van der Waals surface area contributed by atoms with E-state index in [9.17, 15) is 4.79 Å². The van der Waals surface area contributed by atoms with E-state index in [0.29, 0.717) is 19.5 Å². The van der Waals surface area contributed by atoms with Crippen molar-refractivity contribution >= 4 is 17.7 Å². The van der Waals surface area contributed by atoms with Crippen LogP contribution in [0.2, 0.25) is 0 Å². The Balaban J connectivity index is 2.42. The van der Waals surface area contributed by atoms with E-state index in [2.05, 4.69) is 0 Å². The van der Waals surface area contributed by atoms with Crippen molar-refractivity contribution in [2.45, 2.75) is 12.8 Å². The fourth-order valence-electron chi connectivity index (χ4n) is 1.21. The molecule has 15 heavy (non-hydrogen) atoms. The zero-order valence-electron chi connectivity index (χ0n) is 8.53. The van der Waals surface area contributed by atoms with Gasteiger partial charge in [0.05, 0.1) is 6.42 Å². The second-order valence-corrected chi connectivity index (χ2v) is 3.69. The minimum Gasteiger partial charge on any atom is -0.330 e. The Morgan fingerprint density at radius 1 is 1.33 bits per heavy atom. The van der Waals surface area contributed by atoms with Gasteiger partial charge in [-0.2, -0.15) is 0 Å². The number of nitrogens with two attached hydrogens (primary N) is 1. The standard InChI is InChI=1S/C11H15ClN2O/c12-14(8-4-7-13)11(15)9-10-5-2-1-3-6-10/h1-3,5-6H,4,7-9,13H2. The molecule has 0 aliphatic carbocycles. The zero-order chi connectivity index (χ0) is 11.1. The number of hydrogen-bond acceptors (Lipinski definition) is 2. The highest BCUT2D eigenvalue weighted by atomic mass is 35.5. The molecule has 2 N–H and O–H groups in total. The molecule has 1 rings (SSSR count). The third kappa shape index (κ3) is 4.32. The van der Waals surface area contributed by atoms with Gasteiger partial charge in [-0.05, 0) is 18.5 Å². The van der Waals surface area contributed by atoms with Crippen molar-refractivity contribution in [3.8, 4) is 0 Å². The predicted molar refractivity (Wildman–Crippen MR) is 61.4 cm³/mol.